The lowest BCUT2D eigenvalue weighted by Gasteiger charge is -2.08. The van der Waals surface area contributed by atoms with Crippen LogP contribution in [0.3, 0.4) is 0 Å². The van der Waals surface area contributed by atoms with E-state index in [1.807, 2.05) is 0 Å². The molecule has 4 N–H and O–H groups in total. The molecule has 2 amide bonds. The molecule has 0 saturated heterocycles. The average molecular weight is 247 g/mol. The van der Waals surface area contributed by atoms with Gasteiger partial charge in [0, 0.05) is 19.0 Å². The molecular formula is C13H17N3O2. The quantitative estimate of drug-likeness (QED) is 0.697. The van der Waals surface area contributed by atoms with E-state index in [9.17, 15) is 9.59 Å². The van der Waals surface area contributed by atoms with E-state index in [0.717, 1.165) is 0 Å². The minimum Gasteiger partial charge on any atom is -0.366 e. The highest BCUT2D eigenvalue weighted by Crippen LogP contribution is 2.18. The number of amides is 2. The highest BCUT2D eigenvalue weighted by atomic mass is 16.2. The van der Waals surface area contributed by atoms with Gasteiger partial charge in [0.25, 0.3) is 5.91 Å². The van der Waals surface area contributed by atoms with Crippen LogP contribution in [-0.4, -0.2) is 24.4 Å². The Bertz CT molecular complexity index is 455. The molecular weight excluding hydrogens is 230 g/mol. The Balaban J connectivity index is 1.87. The molecule has 0 atom stereocenters. The number of benzene rings is 1. The van der Waals surface area contributed by atoms with Gasteiger partial charge in [-0.15, -0.1) is 0 Å². The fourth-order valence-electron chi connectivity index (χ4n) is 1.70. The topological polar surface area (TPSA) is 84.2 Å². The van der Waals surface area contributed by atoms with Crippen LogP contribution in [0.25, 0.3) is 0 Å². The van der Waals surface area contributed by atoms with E-state index in [1.165, 1.54) is 12.8 Å². The lowest BCUT2D eigenvalue weighted by atomic mass is 10.1. The Morgan fingerprint density at radius 3 is 2.67 bits per heavy atom. The molecule has 1 aromatic carbocycles. The van der Waals surface area contributed by atoms with E-state index in [4.69, 9.17) is 5.73 Å². The fourth-order valence-corrected chi connectivity index (χ4v) is 1.70. The van der Waals surface area contributed by atoms with Crippen LogP contribution in [0.2, 0.25) is 0 Å². The van der Waals surface area contributed by atoms with Crippen LogP contribution in [0.4, 0.5) is 5.69 Å². The molecule has 0 unspecified atom stereocenters. The number of nitrogens with two attached hydrogens (primary N) is 1. The van der Waals surface area contributed by atoms with Crippen molar-refractivity contribution in [1.82, 2.24) is 5.32 Å². The monoisotopic (exact) mass is 247 g/mol. The number of carbonyl (C=O) groups is 2. The molecule has 0 heterocycles. The summed E-state index contributed by atoms with van der Waals surface area (Å²) in [7, 11) is 0. The van der Waals surface area contributed by atoms with E-state index in [-0.39, 0.29) is 5.91 Å². The fraction of sp³-hybridized carbons (Fsp3) is 0.385. The number of anilines is 1. The zero-order valence-corrected chi connectivity index (χ0v) is 10.1. The van der Waals surface area contributed by atoms with Gasteiger partial charge in [-0.3, -0.25) is 9.59 Å². The van der Waals surface area contributed by atoms with Gasteiger partial charge in [-0.1, -0.05) is 12.1 Å². The van der Waals surface area contributed by atoms with E-state index in [1.54, 1.807) is 24.3 Å². The zero-order valence-electron chi connectivity index (χ0n) is 10.1. The summed E-state index contributed by atoms with van der Waals surface area (Å²) in [6.45, 7) is 0.662. The second kappa shape index (κ2) is 5.64. The highest BCUT2D eigenvalue weighted by Gasteiger charge is 2.20. The zero-order chi connectivity index (χ0) is 13.0. The van der Waals surface area contributed by atoms with Gasteiger partial charge in [0.05, 0.1) is 11.3 Å². The second-order valence-corrected chi connectivity index (χ2v) is 4.44. The maximum Gasteiger partial charge on any atom is 0.250 e. The Morgan fingerprint density at radius 1 is 1.28 bits per heavy atom. The summed E-state index contributed by atoms with van der Waals surface area (Å²) < 4.78 is 0. The largest absolute Gasteiger partial charge is 0.366 e. The average Bonchev–Trinajstić information content (AvgIpc) is 3.13. The third kappa shape index (κ3) is 3.56. The first-order valence-electron chi connectivity index (χ1n) is 6.09. The first-order valence-corrected chi connectivity index (χ1v) is 6.09. The van der Waals surface area contributed by atoms with Crippen molar-refractivity contribution in [2.45, 2.75) is 25.3 Å². The summed E-state index contributed by atoms with van der Waals surface area (Å²) in [5, 5.41) is 5.96. The maximum atomic E-state index is 11.7. The lowest BCUT2D eigenvalue weighted by molar-refractivity contribution is -0.116. The van der Waals surface area contributed by atoms with Crippen LogP contribution in [0.15, 0.2) is 24.3 Å². The Hall–Kier alpha value is -1.88. The van der Waals surface area contributed by atoms with Gasteiger partial charge < -0.3 is 16.4 Å². The maximum absolute atomic E-state index is 11.7. The molecule has 1 saturated carbocycles. The summed E-state index contributed by atoms with van der Waals surface area (Å²) in [4.78, 5) is 22.9. The number of para-hydroxylation sites is 1. The molecule has 1 aromatic rings. The molecule has 18 heavy (non-hydrogen) atoms. The number of primary amides is 1. The van der Waals surface area contributed by atoms with Gasteiger partial charge in [-0.2, -0.15) is 0 Å². The summed E-state index contributed by atoms with van der Waals surface area (Å²) >= 11 is 0. The van der Waals surface area contributed by atoms with Gasteiger partial charge in [0.15, 0.2) is 0 Å². The minimum atomic E-state index is -0.540. The van der Waals surface area contributed by atoms with Crippen molar-refractivity contribution in [2.75, 3.05) is 11.9 Å². The van der Waals surface area contributed by atoms with Crippen molar-refractivity contribution in [3.8, 4) is 0 Å². The van der Waals surface area contributed by atoms with Gasteiger partial charge in [-0.25, -0.2) is 0 Å². The SMILES string of the molecule is NC(=O)c1ccccc1NC(=O)CCNC1CC1. The first-order chi connectivity index (χ1) is 8.66. The Labute approximate surface area is 106 Å². The third-order valence-electron chi connectivity index (χ3n) is 2.83. The molecule has 0 aromatic heterocycles. The van der Waals surface area contributed by atoms with Crippen molar-refractivity contribution in [3.05, 3.63) is 29.8 Å². The van der Waals surface area contributed by atoms with E-state index >= 15 is 0 Å². The van der Waals surface area contributed by atoms with Crippen molar-refractivity contribution < 1.29 is 9.59 Å². The molecule has 0 bridgehead atoms. The molecule has 96 valence electrons. The summed E-state index contributed by atoms with van der Waals surface area (Å²) in [5.41, 5.74) is 6.04. The number of rotatable bonds is 6. The molecule has 0 radical (unpaired) electrons. The molecule has 1 aliphatic carbocycles. The predicted molar refractivity (Wildman–Crippen MR) is 69.2 cm³/mol. The van der Waals surface area contributed by atoms with E-state index in [2.05, 4.69) is 10.6 Å². The summed E-state index contributed by atoms with van der Waals surface area (Å²) in [6, 6.07) is 7.33. The van der Waals surface area contributed by atoms with E-state index in [0.29, 0.717) is 30.3 Å². The number of nitrogens with one attached hydrogen (secondary N) is 2. The number of hydrogen-bond donors (Lipinski definition) is 3. The summed E-state index contributed by atoms with van der Waals surface area (Å²) in [5.74, 6) is -0.654. The van der Waals surface area contributed by atoms with Crippen LogP contribution in [-0.2, 0) is 4.79 Å². The van der Waals surface area contributed by atoms with Crippen LogP contribution in [0.1, 0.15) is 29.6 Å². The molecule has 5 heteroatoms. The van der Waals surface area contributed by atoms with Crippen molar-refractivity contribution in [1.29, 1.82) is 0 Å². The molecule has 0 aliphatic heterocycles. The van der Waals surface area contributed by atoms with Gasteiger partial charge in [0.1, 0.15) is 0 Å². The molecule has 1 aliphatic rings. The smallest absolute Gasteiger partial charge is 0.250 e. The van der Waals surface area contributed by atoms with Crippen LogP contribution in [0.5, 0.6) is 0 Å². The third-order valence-corrected chi connectivity index (χ3v) is 2.83. The molecule has 5 nitrogen and oxygen atoms in total. The van der Waals surface area contributed by atoms with Crippen molar-refractivity contribution in [2.24, 2.45) is 5.73 Å². The number of hydrogen-bond acceptors (Lipinski definition) is 3. The van der Waals surface area contributed by atoms with Crippen molar-refractivity contribution in [3.63, 3.8) is 0 Å². The van der Waals surface area contributed by atoms with Gasteiger partial charge in [0.2, 0.25) is 5.91 Å². The Kier molecular flexibility index (Phi) is 3.94. The first kappa shape index (κ1) is 12.6. The van der Waals surface area contributed by atoms with Gasteiger partial charge >= 0.3 is 0 Å². The van der Waals surface area contributed by atoms with Crippen LogP contribution in [0, 0.1) is 0 Å². The molecule has 0 spiro atoms. The van der Waals surface area contributed by atoms with Gasteiger partial charge in [-0.05, 0) is 25.0 Å². The number of carbonyl (C=O) groups excluding carboxylic acids is 2. The highest BCUT2D eigenvalue weighted by molar-refractivity contribution is 6.02. The lowest BCUT2D eigenvalue weighted by Crippen LogP contribution is -2.24. The van der Waals surface area contributed by atoms with E-state index < -0.39 is 5.91 Å². The molecule has 1 fully saturated rings. The van der Waals surface area contributed by atoms with Crippen molar-refractivity contribution >= 4 is 17.5 Å². The standard InChI is InChI=1S/C13H17N3O2/c14-13(18)10-3-1-2-4-11(10)16-12(17)7-8-15-9-5-6-9/h1-4,9,15H,5-8H2,(H2,14,18)(H,16,17). The molecule has 2 rings (SSSR count). The second-order valence-electron chi connectivity index (χ2n) is 4.44. The Morgan fingerprint density at radius 2 is 2.00 bits per heavy atom. The normalized spacial score (nSPS) is 14.2. The predicted octanol–water partition coefficient (Wildman–Crippen LogP) is 0.866. The van der Waals surface area contributed by atoms with Crippen LogP contribution >= 0.6 is 0 Å². The minimum absolute atomic E-state index is 0.114. The van der Waals surface area contributed by atoms with Crippen LogP contribution < -0.4 is 16.4 Å². The summed E-state index contributed by atoms with van der Waals surface area (Å²) in [6.07, 6.45) is 2.79.